The van der Waals surface area contributed by atoms with Crippen LogP contribution in [0.1, 0.15) is 81.7 Å². The van der Waals surface area contributed by atoms with Gasteiger partial charge in [-0.05, 0) is 58.1 Å². The highest BCUT2D eigenvalue weighted by molar-refractivity contribution is 5.62. The summed E-state index contributed by atoms with van der Waals surface area (Å²) in [6.07, 6.45) is 9.56. The topological polar surface area (TPSA) is 65.7 Å². The van der Waals surface area contributed by atoms with Gasteiger partial charge >= 0.3 is 0 Å². The molecule has 1 aromatic rings. The van der Waals surface area contributed by atoms with Gasteiger partial charge in [0.15, 0.2) is 0 Å². The first kappa shape index (κ1) is 18.7. The molecule has 0 amide bonds. The molecule has 2 N–H and O–H groups in total. The molecule has 0 saturated heterocycles. The molecule has 0 spiro atoms. The molecule has 1 aromatic heterocycles. The molecule has 0 radical (unpaired) electrons. The van der Waals surface area contributed by atoms with Crippen molar-refractivity contribution >= 4 is 6.21 Å². The van der Waals surface area contributed by atoms with Crippen molar-refractivity contribution in [1.82, 2.24) is 4.98 Å². The SMILES string of the molecule is C=C(C)C1CC(C)=CC1c1c(O)nc(CCCC)c(C2CCC=N2)c1O. The molecule has 0 bridgehead atoms. The molecule has 4 nitrogen and oxygen atoms in total. The van der Waals surface area contributed by atoms with E-state index in [0.717, 1.165) is 55.4 Å². The summed E-state index contributed by atoms with van der Waals surface area (Å²) in [5, 5.41) is 21.9. The van der Waals surface area contributed by atoms with E-state index in [9.17, 15) is 10.2 Å². The molecule has 4 heteroatoms. The minimum absolute atomic E-state index is 0.0403. The van der Waals surface area contributed by atoms with Gasteiger partial charge in [0.05, 0.1) is 17.3 Å². The Labute approximate surface area is 156 Å². The average Bonchev–Trinajstić information content (AvgIpc) is 3.22. The fraction of sp³-hybridized carbons (Fsp3) is 0.545. The van der Waals surface area contributed by atoms with E-state index in [2.05, 4.69) is 36.5 Å². The first-order valence-electron chi connectivity index (χ1n) is 9.72. The zero-order valence-corrected chi connectivity index (χ0v) is 16.1. The second-order valence-corrected chi connectivity index (χ2v) is 7.78. The number of aryl methyl sites for hydroxylation is 1. The van der Waals surface area contributed by atoms with Gasteiger partial charge in [0.25, 0.3) is 0 Å². The molecule has 3 atom stereocenters. The minimum Gasteiger partial charge on any atom is -0.507 e. The van der Waals surface area contributed by atoms with Crippen LogP contribution in [-0.4, -0.2) is 21.4 Å². The van der Waals surface area contributed by atoms with Gasteiger partial charge in [-0.2, -0.15) is 0 Å². The third-order valence-corrected chi connectivity index (χ3v) is 5.66. The maximum atomic E-state index is 11.2. The van der Waals surface area contributed by atoms with Gasteiger partial charge in [0, 0.05) is 11.5 Å². The molecular formula is C22H30N2O2. The van der Waals surface area contributed by atoms with E-state index < -0.39 is 0 Å². The van der Waals surface area contributed by atoms with Crippen LogP contribution in [0, 0.1) is 5.92 Å². The van der Waals surface area contributed by atoms with Crippen LogP contribution < -0.4 is 0 Å². The van der Waals surface area contributed by atoms with Crippen molar-refractivity contribution in [3.05, 3.63) is 40.6 Å². The third kappa shape index (κ3) is 3.42. The molecule has 2 aliphatic rings. The van der Waals surface area contributed by atoms with Crippen LogP contribution in [0.15, 0.2) is 28.8 Å². The van der Waals surface area contributed by atoms with Gasteiger partial charge in [-0.15, -0.1) is 0 Å². The lowest BCUT2D eigenvalue weighted by Gasteiger charge is -2.25. The number of hydrogen-bond donors (Lipinski definition) is 2. The van der Waals surface area contributed by atoms with Crippen LogP contribution in [0.25, 0.3) is 0 Å². The van der Waals surface area contributed by atoms with Gasteiger partial charge < -0.3 is 10.2 Å². The first-order chi connectivity index (χ1) is 12.4. The van der Waals surface area contributed by atoms with Gasteiger partial charge in [0.1, 0.15) is 5.75 Å². The minimum atomic E-state index is -0.0793. The standard InChI is InChI=1S/C22H30N2O2/c1-5-6-8-18-20(17-9-7-10-23-17)21(25)19(22(26)24-18)16-12-14(4)11-15(16)13(2)3/h10,12,15-17H,2,5-9,11H2,1,3-4H3,(H2,24,25,26). The van der Waals surface area contributed by atoms with Crippen LogP contribution in [0.3, 0.4) is 0 Å². The number of nitrogens with zero attached hydrogens (tertiary/aromatic N) is 2. The smallest absolute Gasteiger partial charge is 0.218 e. The number of aromatic nitrogens is 1. The van der Waals surface area contributed by atoms with E-state index >= 15 is 0 Å². The maximum absolute atomic E-state index is 11.2. The Morgan fingerprint density at radius 3 is 2.69 bits per heavy atom. The molecule has 26 heavy (non-hydrogen) atoms. The number of aromatic hydroxyl groups is 2. The molecule has 2 heterocycles. The summed E-state index contributed by atoms with van der Waals surface area (Å²) in [5.41, 5.74) is 4.49. The van der Waals surface area contributed by atoms with E-state index in [1.807, 2.05) is 13.1 Å². The van der Waals surface area contributed by atoms with Gasteiger partial charge in [-0.25, -0.2) is 4.98 Å². The highest BCUT2D eigenvalue weighted by Gasteiger charge is 2.35. The molecule has 0 fully saturated rings. The Morgan fingerprint density at radius 1 is 1.31 bits per heavy atom. The van der Waals surface area contributed by atoms with E-state index in [1.54, 1.807) is 0 Å². The fourth-order valence-corrected chi connectivity index (χ4v) is 4.29. The summed E-state index contributed by atoms with van der Waals surface area (Å²) >= 11 is 0. The van der Waals surface area contributed by atoms with Crippen LogP contribution in [0.5, 0.6) is 11.6 Å². The van der Waals surface area contributed by atoms with E-state index in [0.29, 0.717) is 5.56 Å². The van der Waals surface area contributed by atoms with Crippen LogP contribution in [-0.2, 0) is 6.42 Å². The Hall–Kier alpha value is -2.10. The predicted octanol–water partition coefficient (Wildman–Crippen LogP) is 5.37. The molecule has 0 aromatic carbocycles. The summed E-state index contributed by atoms with van der Waals surface area (Å²) in [5.74, 6) is 0.260. The normalized spacial score (nSPS) is 24.9. The summed E-state index contributed by atoms with van der Waals surface area (Å²) < 4.78 is 0. The quantitative estimate of drug-likeness (QED) is 0.675. The molecule has 3 rings (SSSR count). The Kier molecular flexibility index (Phi) is 5.49. The Balaban J connectivity index is 2.12. The summed E-state index contributed by atoms with van der Waals surface area (Å²) in [6, 6.07) is -0.0523. The van der Waals surface area contributed by atoms with Crippen LogP contribution in [0.2, 0.25) is 0 Å². The number of aliphatic imine (C=N–C) groups is 1. The van der Waals surface area contributed by atoms with Crippen molar-refractivity contribution in [3.63, 3.8) is 0 Å². The average molecular weight is 354 g/mol. The summed E-state index contributed by atoms with van der Waals surface area (Å²) in [6.45, 7) is 10.4. The van der Waals surface area contributed by atoms with Crippen molar-refractivity contribution in [1.29, 1.82) is 0 Å². The van der Waals surface area contributed by atoms with Gasteiger partial charge in [-0.3, -0.25) is 4.99 Å². The number of pyridine rings is 1. The van der Waals surface area contributed by atoms with Crippen molar-refractivity contribution in [2.24, 2.45) is 10.9 Å². The van der Waals surface area contributed by atoms with Gasteiger partial charge in [0.2, 0.25) is 5.88 Å². The lowest BCUT2D eigenvalue weighted by atomic mass is 9.82. The van der Waals surface area contributed by atoms with Crippen molar-refractivity contribution in [2.75, 3.05) is 0 Å². The van der Waals surface area contributed by atoms with Crippen LogP contribution >= 0.6 is 0 Å². The van der Waals surface area contributed by atoms with Crippen molar-refractivity contribution in [2.45, 2.75) is 71.3 Å². The fourth-order valence-electron chi connectivity index (χ4n) is 4.29. The second kappa shape index (κ2) is 7.65. The monoisotopic (exact) mass is 354 g/mol. The molecule has 0 saturated carbocycles. The number of allylic oxidation sites excluding steroid dienone is 3. The molecule has 3 unspecified atom stereocenters. The Morgan fingerprint density at radius 2 is 2.08 bits per heavy atom. The van der Waals surface area contributed by atoms with E-state index in [1.165, 1.54) is 5.57 Å². The summed E-state index contributed by atoms with van der Waals surface area (Å²) in [4.78, 5) is 9.10. The zero-order valence-electron chi connectivity index (χ0n) is 16.1. The molecule has 1 aliphatic carbocycles. The van der Waals surface area contributed by atoms with Crippen molar-refractivity contribution < 1.29 is 10.2 Å². The predicted molar refractivity (Wildman–Crippen MR) is 106 cm³/mol. The highest BCUT2D eigenvalue weighted by atomic mass is 16.3. The Bertz CT molecular complexity index is 764. The molecule has 140 valence electrons. The molecule has 1 aliphatic heterocycles. The van der Waals surface area contributed by atoms with E-state index in [-0.39, 0.29) is 29.5 Å². The maximum Gasteiger partial charge on any atom is 0.218 e. The first-order valence-corrected chi connectivity index (χ1v) is 9.72. The third-order valence-electron chi connectivity index (χ3n) is 5.66. The lowest BCUT2D eigenvalue weighted by molar-refractivity contribution is 0.399. The van der Waals surface area contributed by atoms with Gasteiger partial charge in [-0.1, -0.05) is 37.1 Å². The van der Waals surface area contributed by atoms with E-state index in [4.69, 9.17) is 0 Å². The molecular weight excluding hydrogens is 324 g/mol. The number of rotatable bonds is 6. The highest BCUT2D eigenvalue weighted by Crippen LogP contribution is 2.50. The van der Waals surface area contributed by atoms with Crippen molar-refractivity contribution in [3.8, 4) is 11.6 Å². The number of hydrogen-bond acceptors (Lipinski definition) is 4. The number of unbranched alkanes of at least 4 members (excludes halogenated alkanes) is 1. The summed E-state index contributed by atoms with van der Waals surface area (Å²) in [7, 11) is 0. The zero-order chi connectivity index (χ0) is 18.8. The lowest BCUT2D eigenvalue weighted by Crippen LogP contribution is -2.12. The van der Waals surface area contributed by atoms with Crippen LogP contribution in [0.4, 0.5) is 0 Å². The second-order valence-electron chi connectivity index (χ2n) is 7.78. The largest absolute Gasteiger partial charge is 0.507 e.